The van der Waals surface area contributed by atoms with Gasteiger partial charge in [-0.2, -0.15) is 4.72 Å². The summed E-state index contributed by atoms with van der Waals surface area (Å²) in [6.45, 7) is 0.375. The van der Waals surface area contributed by atoms with Crippen molar-refractivity contribution in [2.24, 2.45) is 0 Å². The van der Waals surface area contributed by atoms with Gasteiger partial charge < -0.3 is 5.32 Å². The van der Waals surface area contributed by atoms with E-state index in [2.05, 4.69) is 16.0 Å². The highest BCUT2D eigenvalue weighted by Crippen LogP contribution is 2.16. The molecule has 7 heteroatoms. The number of nitrogens with one attached hydrogen (secondary N) is 2. The molecule has 25 heavy (non-hydrogen) atoms. The maximum Gasteiger partial charge on any atom is 0.251 e. The van der Waals surface area contributed by atoms with E-state index in [1.165, 1.54) is 18.2 Å². The molecule has 130 valence electrons. The molecule has 0 aliphatic heterocycles. The third kappa shape index (κ3) is 5.94. The molecular formula is C18H18N2O3S2. The van der Waals surface area contributed by atoms with Crippen LogP contribution in [0.4, 0.5) is 0 Å². The molecular weight excluding hydrogens is 356 g/mol. The van der Waals surface area contributed by atoms with Gasteiger partial charge in [-0.3, -0.25) is 4.79 Å². The SMILES string of the molecule is C#CCNS(=O)(=O)c1cccc(C(=O)NCCSc2ccccc2)c1. The van der Waals surface area contributed by atoms with Gasteiger partial charge in [-0.05, 0) is 30.3 Å². The van der Waals surface area contributed by atoms with Crippen molar-refractivity contribution < 1.29 is 13.2 Å². The highest BCUT2D eigenvalue weighted by Gasteiger charge is 2.15. The van der Waals surface area contributed by atoms with E-state index in [-0.39, 0.29) is 22.9 Å². The molecule has 0 bridgehead atoms. The molecule has 2 N–H and O–H groups in total. The van der Waals surface area contributed by atoms with E-state index in [1.54, 1.807) is 17.8 Å². The number of rotatable bonds is 8. The maximum atomic E-state index is 12.2. The summed E-state index contributed by atoms with van der Waals surface area (Å²) in [5, 5.41) is 2.78. The lowest BCUT2D eigenvalue weighted by atomic mass is 10.2. The van der Waals surface area contributed by atoms with Crippen LogP contribution in [0.25, 0.3) is 0 Å². The van der Waals surface area contributed by atoms with Crippen molar-refractivity contribution in [2.75, 3.05) is 18.8 Å². The van der Waals surface area contributed by atoms with Crippen LogP contribution in [0.3, 0.4) is 0 Å². The lowest BCUT2D eigenvalue weighted by molar-refractivity contribution is 0.0956. The molecule has 2 rings (SSSR count). The van der Waals surface area contributed by atoms with Gasteiger partial charge in [0.15, 0.2) is 0 Å². The predicted molar refractivity (Wildman–Crippen MR) is 100.0 cm³/mol. The fraction of sp³-hybridized carbons (Fsp3) is 0.167. The Balaban J connectivity index is 1.91. The Kier molecular flexibility index (Phi) is 7.07. The summed E-state index contributed by atoms with van der Waals surface area (Å²) in [4.78, 5) is 13.3. The zero-order valence-electron chi connectivity index (χ0n) is 13.4. The Bertz CT molecular complexity index is 859. The highest BCUT2D eigenvalue weighted by atomic mass is 32.2. The number of hydrogen-bond acceptors (Lipinski definition) is 4. The number of carbonyl (C=O) groups is 1. The number of terminal acetylenes is 1. The molecule has 0 fully saturated rings. The zero-order chi connectivity index (χ0) is 18.1. The minimum absolute atomic E-state index is 0.00839. The second-order valence-corrected chi connectivity index (χ2v) is 7.91. The van der Waals surface area contributed by atoms with E-state index in [1.807, 2.05) is 30.3 Å². The Labute approximate surface area is 152 Å². The summed E-state index contributed by atoms with van der Waals surface area (Å²) in [5.41, 5.74) is 0.285. The van der Waals surface area contributed by atoms with Gasteiger partial charge in [-0.25, -0.2) is 8.42 Å². The molecule has 0 spiro atoms. The average molecular weight is 374 g/mol. The first-order valence-electron chi connectivity index (χ1n) is 7.52. The van der Waals surface area contributed by atoms with Crippen LogP contribution >= 0.6 is 11.8 Å². The second kappa shape index (κ2) is 9.28. The molecule has 0 aromatic heterocycles. The molecule has 0 aliphatic carbocycles. The first-order valence-corrected chi connectivity index (χ1v) is 9.99. The molecule has 0 saturated heterocycles. The van der Waals surface area contributed by atoms with E-state index >= 15 is 0 Å². The van der Waals surface area contributed by atoms with E-state index in [0.717, 1.165) is 10.6 Å². The van der Waals surface area contributed by atoms with Crippen LogP contribution in [0.15, 0.2) is 64.4 Å². The minimum Gasteiger partial charge on any atom is -0.351 e. The van der Waals surface area contributed by atoms with Gasteiger partial charge in [0, 0.05) is 22.8 Å². The van der Waals surface area contributed by atoms with Gasteiger partial charge >= 0.3 is 0 Å². The van der Waals surface area contributed by atoms with E-state index in [4.69, 9.17) is 6.42 Å². The van der Waals surface area contributed by atoms with Crippen LogP contribution in [0.5, 0.6) is 0 Å². The zero-order valence-corrected chi connectivity index (χ0v) is 15.1. The summed E-state index contributed by atoms with van der Waals surface area (Å²) in [6, 6.07) is 15.7. The van der Waals surface area contributed by atoms with Crippen molar-refractivity contribution in [3.8, 4) is 12.3 Å². The summed E-state index contributed by atoms with van der Waals surface area (Å²) < 4.78 is 26.3. The number of thioether (sulfide) groups is 1. The molecule has 0 saturated carbocycles. The van der Waals surface area contributed by atoms with Gasteiger partial charge in [0.1, 0.15) is 0 Å². The van der Waals surface area contributed by atoms with Crippen LogP contribution < -0.4 is 10.0 Å². The quantitative estimate of drug-likeness (QED) is 0.422. The standard InChI is InChI=1S/C18H18N2O3S2/c1-2-11-20-25(22,23)17-10-6-7-15(14-17)18(21)19-12-13-24-16-8-4-3-5-9-16/h1,3-10,14,20H,11-13H2,(H,19,21). The molecule has 2 aromatic rings. The van der Waals surface area contributed by atoms with Gasteiger partial charge in [-0.1, -0.05) is 30.2 Å². The Morgan fingerprint density at radius 1 is 1.12 bits per heavy atom. The van der Waals surface area contributed by atoms with Gasteiger partial charge in [-0.15, -0.1) is 18.2 Å². The molecule has 0 unspecified atom stereocenters. The van der Waals surface area contributed by atoms with Crippen LogP contribution in [0.2, 0.25) is 0 Å². The van der Waals surface area contributed by atoms with E-state index in [0.29, 0.717) is 6.54 Å². The van der Waals surface area contributed by atoms with Gasteiger partial charge in [0.2, 0.25) is 10.0 Å². The number of amides is 1. The minimum atomic E-state index is -3.72. The third-order valence-corrected chi connectivity index (χ3v) is 5.58. The predicted octanol–water partition coefficient (Wildman–Crippen LogP) is 2.12. The molecule has 2 aromatic carbocycles. The summed E-state index contributed by atoms with van der Waals surface area (Å²) in [7, 11) is -3.72. The van der Waals surface area contributed by atoms with Crippen molar-refractivity contribution in [1.29, 1.82) is 0 Å². The van der Waals surface area contributed by atoms with Crippen molar-refractivity contribution in [3.05, 3.63) is 60.2 Å². The highest BCUT2D eigenvalue weighted by molar-refractivity contribution is 7.99. The Hall–Kier alpha value is -2.27. The van der Waals surface area contributed by atoms with Crippen LogP contribution in [-0.4, -0.2) is 33.2 Å². The van der Waals surface area contributed by atoms with Crippen molar-refractivity contribution in [2.45, 2.75) is 9.79 Å². The second-order valence-electron chi connectivity index (χ2n) is 4.97. The summed E-state index contributed by atoms with van der Waals surface area (Å²) in [6.07, 6.45) is 5.06. The van der Waals surface area contributed by atoms with Crippen molar-refractivity contribution >= 4 is 27.7 Å². The topological polar surface area (TPSA) is 75.3 Å². The number of hydrogen-bond donors (Lipinski definition) is 2. The lowest BCUT2D eigenvalue weighted by Crippen LogP contribution is -2.27. The van der Waals surface area contributed by atoms with Crippen molar-refractivity contribution in [3.63, 3.8) is 0 Å². The third-order valence-electron chi connectivity index (χ3n) is 3.17. The fourth-order valence-electron chi connectivity index (χ4n) is 1.98. The first kappa shape index (κ1) is 19.1. The normalized spacial score (nSPS) is 10.8. The maximum absolute atomic E-state index is 12.2. The first-order chi connectivity index (χ1) is 12.0. The molecule has 0 heterocycles. The number of sulfonamides is 1. The Morgan fingerprint density at radius 2 is 1.88 bits per heavy atom. The van der Waals surface area contributed by atoms with E-state index in [9.17, 15) is 13.2 Å². The molecule has 0 aliphatic rings. The monoisotopic (exact) mass is 374 g/mol. The van der Waals surface area contributed by atoms with E-state index < -0.39 is 10.0 Å². The van der Waals surface area contributed by atoms with Gasteiger partial charge in [0.05, 0.1) is 11.4 Å². The smallest absolute Gasteiger partial charge is 0.251 e. The number of benzene rings is 2. The lowest BCUT2D eigenvalue weighted by Gasteiger charge is -2.08. The molecule has 5 nitrogen and oxygen atoms in total. The Morgan fingerprint density at radius 3 is 2.60 bits per heavy atom. The van der Waals surface area contributed by atoms with Crippen molar-refractivity contribution in [1.82, 2.24) is 10.0 Å². The van der Waals surface area contributed by atoms with Crippen LogP contribution in [0.1, 0.15) is 10.4 Å². The number of carbonyl (C=O) groups excluding carboxylic acids is 1. The average Bonchev–Trinajstić information content (AvgIpc) is 2.64. The van der Waals surface area contributed by atoms with Crippen LogP contribution in [0, 0.1) is 12.3 Å². The summed E-state index contributed by atoms with van der Waals surface area (Å²) >= 11 is 1.63. The fourth-order valence-corrected chi connectivity index (χ4v) is 3.75. The summed E-state index contributed by atoms with van der Waals surface area (Å²) in [5.74, 6) is 2.61. The molecule has 0 atom stereocenters. The largest absolute Gasteiger partial charge is 0.351 e. The molecule has 0 radical (unpaired) electrons. The van der Waals surface area contributed by atoms with Gasteiger partial charge in [0.25, 0.3) is 5.91 Å². The van der Waals surface area contributed by atoms with Crippen LogP contribution in [-0.2, 0) is 10.0 Å². The molecule has 1 amide bonds.